The second-order valence-corrected chi connectivity index (χ2v) is 6.67. The van der Waals surface area contributed by atoms with Crippen molar-refractivity contribution in [2.75, 3.05) is 6.61 Å². The van der Waals surface area contributed by atoms with Gasteiger partial charge in [0.2, 0.25) is 0 Å². The third-order valence-corrected chi connectivity index (χ3v) is 4.55. The number of halogens is 1. The quantitative estimate of drug-likeness (QED) is 0.344. The van der Waals surface area contributed by atoms with Crippen molar-refractivity contribution < 1.29 is 19.9 Å². The number of hydrogen-bond donors (Lipinski definition) is 4. The van der Waals surface area contributed by atoms with Gasteiger partial charge in [-0.1, -0.05) is 23.7 Å². The highest BCUT2D eigenvalue weighted by atomic mass is 35.5. The SMILES string of the molecule is O=C(NC(CO)C(O)c1ccc([N+](=O)[O-])cc1)c1cc(-c2ccc(Cl)cc2)n[nH]1. The molecule has 1 amide bonds. The van der Waals surface area contributed by atoms with Gasteiger partial charge in [-0.05, 0) is 35.9 Å². The summed E-state index contributed by atoms with van der Waals surface area (Å²) in [4.78, 5) is 22.6. The molecule has 0 saturated carbocycles. The molecule has 0 fully saturated rings. The lowest BCUT2D eigenvalue weighted by Gasteiger charge is -2.22. The molecule has 0 spiro atoms. The summed E-state index contributed by atoms with van der Waals surface area (Å²) in [5, 5.41) is 40.5. The van der Waals surface area contributed by atoms with Gasteiger partial charge in [0.15, 0.2) is 0 Å². The second kappa shape index (κ2) is 8.82. The standard InChI is InChI=1S/C19H17ClN4O5/c20-13-5-1-11(2-6-13)15-9-16(23-22-15)19(27)21-17(10-25)18(26)12-3-7-14(8-4-12)24(28)29/h1-9,17-18,25-26H,10H2,(H,21,27)(H,22,23). The summed E-state index contributed by atoms with van der Waals surface area (Å²) in [5.41, 5.74) is 1.63. The number of hydrogen-bond acceptors (Lipinski definition) is 6. The van der Waals surface area contributed by atoms with Crippen LogP contribution in [0.3, 0.4) is 0 Å². The van der Waals surface area contributed by atoms with Crippen LogP contribution in [0, 0.1) is 10.1 Å². The van der Waals surface area contributed by atoms with Gasteiger partial charge in [-0.15, -0.1) is 0 Å². The van der Waals surface area contributed by atoms with Crippen molar-refractivity contribution in [2.45, 2.75) is 12.1 Å². The van der Waals surface area contributed by atoms with Crippen LogP contribution >= 0.6 is 11.6 Å². The van der Waals surface area contributed by atoms with Gasteiger partial charge in [-0.25, -0.2) is 0 Å². The number of benzene rings is 2. The Morgan fingerprint density at radius 1 is 1.21 bits per heavy atom. The number of non-ortho nitro benzene ring substituents is 1. The van der Waals surface area contributed by atoms with Gasteiger partial charge < -0.3 is 15.5 Å². The highest BCUT2D eigenvalue weighted by Crippen LogP contribution is 2.22. The molecule has 10 heteroatoms. The molecular formula is C19H17ClN4O5. The molecule has 3 rings (SSSR count). The average molecular weight is 417 g/mol. The predicted molar refractivity (Wildman–Crippen MR) is 105 cm³/mol. The Kier molecular flexibility index (Phi) is 6.23. The number of nitro groups is 1. The van der Waals surface area contributed by atoms with Crippen LogP contribution < -0.4 is 5.32 Å². The first-order chi connectivity index (χ1) is 13.9. The van der Waals surface area contributed by atoms with Crippen LogP contribution in [-0.2, 0) is 0 Å². The van der Waals surface area contributed by atoms with Gasteiger partial charge in [0.1, 0.15) is 11.8 Å². The Hall–Kier alpha value is -3.27. The first-order valence-electron chi connectivity index (χ1n) is 8.54. The van der Waals surface area contributed by atoms with Crippen molar-refractivity contribution in [1.82, 2.24) is 15.5 Å². The normalized spacial score (nSPS) is 12.9. The molecule has 0 radical (unpaired) electrons. The van der Waals surface area contributed by atoms with Crippen molar-refractivity contribution in [2.24, 2.45) is 0 Å². The molecule has 1 aromatic heterocycles. The van der Waals surface area contributed by atoms with E-state index in [0.717, 1.165) is 5.56 Å². The Morgan fingerprint density at radius 3 is 2.45 bits per heavy atom. The first-order valence-corrected chi connectivity index (χ1v) is 8.92. The van der Waals surface area contributed by atoms with Gasteiger partial charge in [-0.3, -0.25) is 20.0 Å². The molecule has 0 aliphatic carbocycles. The highest BCUT2D eigenvalue weighted by molar-refractivity contribution is 6.30. The number of carbonyl (C=O) groups is 1. The molecule has 9 nitrogen and oxygen atoms in total. The fourth-order valence-corrected chi connectivity index (χ4v) is 2.83. The fourth-order valence-electron chi connectivity index (χ4n) is 2.70. The number of nitrogens with one attached hydrogen (secondary N) is 2. The van der Waals surface area contributed by atoms with Crippen molar-refractivity contribution in [3.8, 4) is 11.3 Å². The number of aliphatic hydroxyl groups is 2. The van der Waals surface area contributed by atoms with Crippen molar-refractivity contribution in [1.29, 1.82) is 0 Å². The van der Waals surface area contributed by atoms with E-state index in [9.17, 15) is 25.1 Å². The molecule has 1 heterocycles. The van der Waals surface area contributed by atoms with E-state index in [2.05, 4.69) is 15.5 Å². The van der Waals surface area contributed by atoms with Crippen LogP contribution in [0.2, 0.25) is 5.02 Å². The summed E-state index contributed by atoms with van der Waals surface area (Å²) in [6.45, 7) is -0.540. The van der Waals surface area contributed by atoms with Gasteiger partial charge in [-0.2, -0.15) is 5.10 Å². The molecule has 150 valence electrons. The van der Waals surface area contributed by atoms with E-state index < -0.39 is 29.6 Å². The summed E-state index contributed by atoms with van der Waals surface area (Å²) in [6, 6.07) is 12.6. The number of aromatic amines is 1. The van der Waals surface area contributed by atoms with Gasteiger partial charge in [0.25, 0.3) is 11.6 Å². The lowest BCUT2D eigenvalue weighted by molar-refractivity contribution is -0.384. The summed E-state index contributed by atoms with van der Waals surface area (Å²) >= 11 is 5.86. The van der Waals surface area contributed by atoms with Crippen LogP contribution in [0.15, 0.2) is 54.6 Å². The number of amides is 1. The number of nitrogens with zero attached hydrogens (tertiary/aromatic N) is 2. The molecule has 0 bridgehead atoms. The van der Waals surface area contributed by atoms with Crippen LogP contribution in [0.5, 0.6) is 0 Å². The zero-order chi connectivity index (χ0) is 21.0. The number of aromatic nitrogens is 2. The van der Waals surface area contributed by atoms with Crippen molar-refractivity contribution >= 4 is 23.2 Å². The van der Waals surface area contributed by atoms with Crippen LogP contribution in [0.4, 0.5) is 5.69 Å². The molecule has 0 saturated heterocycles. The van der Waals surface area contributed by atoms with E-state index in [0.29, 0.717) is 16.3 Å². The Morgan fingerprint density at radius 2 is 1.86 bits per heavy atom. The monoisotopic (exact) mass is 416 g/mol. The van der Waals surface area contributed by atoms with E-state index in [1.165, 1.54) is 30.3 Å². The Bertz CT molecular complexity index is 1000. The summed E-state index contributed by atoms with van der Waals surface area (Å²) in [5.74, 6) is -0.572. The zero-order valence-electron chi connectivity index (χ0n) is 14.9. The minimum atomic E-state index is -1.26. The molecule has 0 aliphatic rings. The highest BCUT2D eigenvalue weighted by Gasteiger charge is 2.24. The average Bonchev–Trinajstić information content (AvgIpc) is 3.22. The third-order valence-electron chi connectivity index (χ3n) is 4.30. The minimum Gasteiger partial charge on any atom is -0.394 e. The minimum absolute atomic E-state index is 0.127. The molecule has 4 N–H and O–H groups in total. The molecule has 2 atom stereocenters. The number of carbonyl (C=O) groups excluding carboxylic acids is 1. The maximum absolute atomic E-state index is 12.5. The molecule has 3 aromatic rings. The molecule has 29 heavy (non-hydrogen) atoms. The molecular weight excluding hydrogens is 400 g/mol. The predicted octanol–water partition coefficient (Wildman–Crippen LogP) is 2.46. The smallest absolute Gasteiger partial charge is 0.269 e. The van der Waals surface area contributed by atoms with Crippen LogP contribution in [0.1, 0.15) is 22.2 Å². The van der Waals surface area contributed by atoms with E-state index in [-0.39, 0.29) is 11.4 Å². The Labute approximate surface area is 170 Å². The van der Waals surface area contributed by atoms with Crippen molar-refractivity contribution in [3.05, 3.63) is 81.0 Å². The van der Waals surface area contributed by atoms with E-state index in [1.54, 1.807) is 24.3 Å². The lowest BCUT2D eigenvalue weighted by Crippen LogP contribution is -2.42. The first kappa shape index (κ1) is 20.5. The molecule has 2 unspecified atom stereocenters. The third kappa shape index (κ3) is 4.77. The zero-order valence-corrected chi connectivity index (χ0v) is 15.7. The van der Waals surface area contributed by atoms with Crippen LogP contribution in [0.25, 0.3) is 11.3 Å². The van der Waals surface area contributed by atoms with Gasteiger partial charge >= 0.3 is 0 Å². The lowest BCUT2D eigenvalue weighted by atomic mass is 10.0. The van der Waals surface area contributed by atoms with E-state index in [4.69, 9.17) is 11.6 Å². The number of nitro benzene ring substituents is 1. The van der Waals surface area contributed by atoms with Crippen LogP contribution in [-0.4, -0.2) is 43.9 Å². The summed E-state index contributed by atoms with van der Waals surface area (Å²) < 4.78 is 0. The van der Waals surface area contributed by atoms with Gasteiger partial charge in [0.05, 0.1) is 23.3 Å². The van der Waals surface area contributed by atoms with Gasteiger partial charge in [0, 0.05) is 22.7 Å². The Balaban J connectivity index is 1.71. The molecule has 2 aromatic carbocycles. The second-order valence-electron chi connectivity index (χ2n) is 6.23. The number of aliphatic hydroxyl groups excluding tert-OH is 2. The number of rotatable bonds is 7. The maximum Gasteiger partial charge on any atom is 0.269 e. The maximum atomic E-state index is 12.5. The topological polar surface area (TPSA) is 141 Å². The van der Waals surface area contributed by atoms with E-state index in [1.807, 2.05) is 0 Å². The number of H-pyrrole nitrogens is 1. The summed E-state index contributed by atoms with van der Waals surface area (Å²) in [7, 11) is 0. The largest absolute Gasteiger partial charge is 0.394 e. The van der Waals surface area contributed by atoms with Crippen molar-refractivity contribution in [3.63, 3.8) is 0 Å². The summed E-state index contributed by atoms with van der Waals surface area (Å²) in [6.07, 6.45) is -1.26. The molecule has 0 aliphatic heterocycles. The van der Waals surface area contributed by atoms with E-state index >= 15 is 0 Å². The fraction of sp³-hybridized carbons (Fsp3) is 0.158.